The molecule has 5 aliphatic heterocycles. The van der Waals surface area contributed by atoms with Gasteiger partial charge in [0.25, 0.3) is 0 Å². The van der Waals surface area contributed by atoms with Crippen LogP contribution in [0.2, 0.25) is 0 Å². The Balaban J connectivity index is 0.891. The number of amides is 4. The number of rotatable bonds is 9. The third-order valence-electron chi connectivity index (χ3n) is 15.6. The van der Waals surface area contributed by atoms with Gasteiger partial charge in [-0.05, 0) is 151 Å². The quantitative estimate of drug-likeness (QED) is 0.110. The second-order valence-corrected chi connectivity index (χ2v) is 20.6. The summed E-state index contributed by atoms with van der Waals surface area (Å²) in [6, 6.07) is 12.5. The molecule has 0 saturated carbocycles. The molecule has 0 bridgehead atoms. The molecule has 372 valence electrons. The van der Waals surface area contributed by atoms with Crippen LogP contribution in [0.4, 0.5) is 9.59 Å². The Kier molecular flexibility index (Phi) is 13.0. The molecular formula is C53H66N8O9. The highest BCUT2D eigenvalue weighted by Gasteiger charge is 2.46. The molecule has 0 spiro atoms. The second-order valence-electron chi connectivity index (χ2n) is 20.6. The van der Waals surface area contributed by atoms with E-state index in [9.17, 15) is 19.2 Å². The van der Waals surface area contributed by atoms with Crippen LogP contribution >= 0.6 is 0 Å². The zero-order chi connectivity index (χ0) is 49.1. The highest BCUT2D eigenvalue weighted by atomic mass is 16.5. The summed E-state index contributed by atoms with van der Waals surface area (Å²) < 4.78 is 28.5. The highest BCUT2D eigenvalue weighted by Crippen LogP contribution is 2.45. The van der Waals surface area contributed by atoms with Crippen molar-refractivity contribution in [3.8, 4) is 28.1 Å². The number of carbonyl (C=O) groups is 4. The van der Waals surface area contributed by atoms with Gasteiger partial charge in [0.15, 0.2) is 0 Å². The third kappa shape index (κ3) is 8.95. The maximum absolute atomic E-state index is 14.6. The summed E-state index contributed by atoms with van der Waals surface area (Å²) in [5, 5.41) is 7.74. The average Bonchev–Trinajstić information content (AvgIpc) is 4.16. The number of nitrogens with zero attached hydrogens (tertiary/aromatic N) is 4. The van der Waals surface area contributed by atoms with Crippen LogP contribution in [0.25, 0.3) is 44.2 Å². The van der Waals surface area contributed by atoms with Crippen molar-refractivity contribution in [2.75, 3.05) is 14.2 Å². The van der Waals surface area contributed by atoms with E-state index in [-0.39, 0.29) is 72.2 Å². The molecule has 1 unspecified atom stereocenters. The first kappa shape index (κ1) is 47.5. The van der Waals surface area contributed by atoms with Gasteiger partial charge in [-0.2, -0.15) is 0 Å². The van der Waals surface area contributed by atoms with Crippen molar-refractivity contribution in [3.05, 3.63) is 65.9 Å². The molecule has 0 aliphatic carbocycles. The fraction of sp³-hybridized carbons (Fsp3) is 0.547. The van der Waals surface area contributed by atoms with Crippen LogP contribution in [0.15, 0.2) is 48.7 Å². The van der Waals surface area contributed by atoms with E-state index in [0.29, 0.717) is 43.9 Å². The van der Waals surface area contributed by atoms with E-state index in [4.69, 9.17) is 33.7 Å². The summed E-state index contributed by atoms with van der Waals surface area (Å²) in [5.41, 5.74) is 6.56. The normalized spacial score (nSPS) is 28.4. The van der Waals surface area contributed by atoms with Gasteiger partial charge in [-0.3, -0.25) is 9.59 Å². The van der Waals surface area contributed by atoms with Gasteiger partial charge in [0.2, 0.25) is 11.8 Å². The van der Waals surface area contributed by atoms with Crippen LogP contribution < -0.4 is 15.4 Å². The first-order valence-corrected chi connectivity index (χ1v) is 25.1. The van der Waals surface area contributed by atoms with Gasteiger partial charge in [0.05, 0.1) is 73.6 Å². The SMILES string of the molecule is COC(=O)NC(C(=O)N1[C@@H](C)CC[C@H]1c1ncc(-c2ccc3c(c2)COc2cc4c(ccc5[nH]c([C@@H]6CC[C@H](C)N6C(=O)[C@@H](NC(=O)OC)C6C[C@@H](C)O[C@H](C)C6)nc54)cc2-3)[nH]1)C1C[C@@H](C)O[C@H](C)C1. The third-order valence-corrected chi connectivity index (χ3v) is 15.6. The molecule has 7 heterocycles. The van der Waals surface area contributed by atoms with Crippen molar-refractivity contribution in [3.63, 3.8) is 0 Å². The summed E-state index contributed by atoms with van der Waals surface area (Å²) in [4.78, 5) is 75.4. The molecule has 4 saturated heterocycles. The van der Waals surface area contributed by atoms with Crippen molar-refractivity contribution in [1.82, 2.24) is 40.4 Å². The molecule has 10 rings (SSSR count). The number of hydrogen-bond acceptors (Lipinski definition) is 11. The summed E-state index contributed by atoms with van der Waals surface area (Å²) in [6.45, 7) is 12.5. The molecule has 70 heavy (non-hydrogen) atoms. The van der Waals surface area contributed by atoms with Crippen molar-refractivity contribution in [1.29, 1.82) is 0 Å². The smallest absolute Gasteiger partial charge is 0.407 e. The van der Waals surface area contributed by atoms with Gasteiger partial charge in [0, 0.05) is 23.0 Å². The number of hydrogen-bond donors (Lipinski definition) is 4. The van der Waals surface area contributed by atoms with Crippen LogP contribution in [-0.4, -0.2) is 117 Å². The van der Waals surface area contributed by atoms with Crippen molar-refractivity contribution >= 4 is 45.8 Å². The fourth-order valence-electron chi connectivity index (χ4n) is 12.4. The standard InChI is InChI=1S/C53H66N8O9/c1-26-9-15-42(60(26)50(62)45(58-52(64)66-7)34-17-28(3)69-29(4)18-34)48-54-24-41(56-48)33-11-13-37-36(21-33)25-68-44-23-38-32(22-39(37)44)12-14-40-47(38)57-49(55-40)43-16-10-27(2)61(43)51(63)46(59-53(65)67-8)35-19-30(5)70-31(6)20-35/h11-14,21-24,26-31,34-35,42-43,45-46H,9-10,15-20,25H2,1-8H3,(H,54,56)(H,55,57)(H,58,64)(H,59,65)/t26-,27-,28+,29+,30+,31+,42-,43-,45?,46-/m0/s1. The number of aromatic nitrogens is 4. The zero-order valence-electron chi connectivity index (χ0n) is 41.4. The topological polar surface area (TPSA) is 202 Å². The summed E-state index contributed by atoms with van der Waals surface area (Å²) >= 11 is 0. The number of nitrogens with one attached hydrogen (secondary N) is 4. The molecule has 2 aromatic heterocycles. The number of methoxy groups -OCH3 is 2. The Bertz CT molecular complexity index is 2790. The number of benzene rings is 3. The Hall–Kier alpha value is -6.20. The Labute approximate surface area is 408 Å². The van der Waals surface area contributed by atoms with E-state index in [1.807, 2.05) is 49.8 Å². The lowest BCUT2D eigenvalue weighted by Crippen LogP contribution is -2.55. The Morgan fingerprint density at radius 3 is 1.83 bits per heavy atom. The fourth-order valence-corrected chi connectivity index (χ4v) is 12.4. The first-order valence-electron chi connectivity index (χ1n) is 25.1. The molecule has 10 atom stereocenters. The lowest BCUT2D eigenvalue weighted by atomic mass is 9.85. The van der Waals surface area contributed by atoms with Gasteiger partial charge in [-0.15, -0.1) is 0 Å². The molecule has 17 nitrogen and oxygen atoms in total. The zero-order valence-corrected chi connectivity index (χ0v) is 41.4. The van der Waals surface area contributed by atoms with Crippen LogP contribution in [0.5, 0.6) is 5.75 Å². The van der Waals surface area contributed by atoms with Gasteiger partial charge < -0.3 is 54.1 Å². The Morgan fingerprint density at radius 1 is 0.686 bits per heavy atom. The van der Waals surface area contributed by atoms with Crippen molar-refractivity contribution in [2.45, 2.75) is 160 Å². The lowest BCUT2D eigenvalue weighted by Gasteiger charge is -2.39. The average molecular weight is 959 g/mol. The summed E-state index contributed by atoms with van der Waals surface area (Å²) in [7, 11) is 2.63. The largest absolute Gasteiger partial charge is 0.488 e. The number of imidazole rings is 2. The predicted octanol–water partition coefficient (Wildman–Crippen LogP) is 8.63. The molecule has 5 aromatic rings. The van der Waals surface area contributed by atoms with Gasteiger partial charge in [-0.1, -0.05) is 18.2 Å². The number of aromatic amines is 2. The first-order chi connectivity index (χ1) is 33.7. The van der Waals surface area contributed by atoms with Gasteiger partial charge >= 0.3 is 12.2 Å². The molecule has 0 radical (unpaired) electrons. The minimum Gasteiger partial charge on any atom is -0.488 e. The number of likely N-dealkylation sites (tertiary alicyclic amines) is 2. The summed E-state index contributed by atoms with van der Waals surface area (Å²) in [5.74, 6) is 1.71. The molecule has 4 N–H and O–H groups in total. The predicted molar refractivity (Wildman–Crippen MR) is 262 cm³/mol. The van der Waals surface area contributed by atoms with E-state index >= 15 is 0 Å². The van der Waals surface area contributed by atoms with Crippen molar-refractivity contribution < 1.29 is 42.9 Å². The van der Waals surface area contributed by atoms with Gasteiger partial charge in [0.1, 0.15) is 36.1 Å². The monoisotopic (exact) mass is 958 g/mol. The van der Waals surface area contributed by atoms with Crippen LogP contribution in [0.1, 0.15) is 122 Å². The van der Waals surface area contributed by atoms with Crippen LogP contribution in [0.3, 0.4) is 0 Å². The van der Waals surface area contributed by atoms with E-state index in [1.165, 1.54) is 14.2 Å². The number of H-pyrrole nitrogens is 2. The molecule has 5 aliphatic rings. The minimum atomic E-state index is -0.758. The minimum absolute atomic E-state index is 0.0334. The maximum Gasteiger partial charge on any atom is 0.407 e. The second kappa shape index (κ2) is 19.2. The molecule has 4 amide bonds. The number of fused-ring (bicyclic) bond motifs is 6. The highest BCUT2D eigenvalue weighted by molar-refractivity contribution is 6.07. The molecule has 4 fully saturated rings. The number of carbonyl (C=O) groups excluding carboxylic acids is 4. The lowest BCUT2D eigenvalue weighted by molar-refractivity contribution is -0.141. The van der Waals surface area contributed by atoms with E-state index in [2.05, 4.69) is 70.8 Å². The van der Waals surface area contributed by atoms with Crippen LogP contribution in [-0.2, 0) is 35.1 Å². The van der Waals surface area contributed by atoms with E-state index < -0.39 is 24.3 Å². The number of ether oxygens (including phenoxy) is 5. The maximum atomic E-state index is 14.6. The van der Waals surface area contributed by atoms with E-state index in [1.54, 1.807) is 0 Å². The Morgan fingerprint density at radius 2 is 1.26 bits per heavy atom. The molecular weight excluding hydrogens is 893 g/mol. The van der Waals surface area contributed by atoms with E-state index in [0.717, 1.165) is 81.2 Å². The summed E-state index contributed by atoms with van der Waals surface area (Å²) in [6.07, 6.45) is 6.13. The van der Waals surface area contributed by atoms with Crippen LogP contribution in [0, 0.1) is 11.8 Å². The van der Waals surface area contributed by atoms with Crippen molar-refractivity contribution in [2.24, 2.45) is 11.8 Å². The molecule has 17 heteroatoms. The number of alkyl carbamates (subject to hydrolysis) is 2. The molecule has 3 aromatic carbocycles. The van der Waals surface area contributed by atoms with Gasteiger partial charge in [-0.25, -0.2) is 19.6 Å².